The largest absolute Gasteiger partial charge is 0.384 e. The summed E-state index contributed by atoms with van der Waals surface area (Å²) in [5, 5.41) is 8.89. The van der Waals surface area contributed by atoms with Crippen molar-refractivity contribution in [3.05, 3.63) is 58.8 Å². The van der Waals surface area contributed by atoms with Crippen LogP contribution in [-0.4, -0.2) is 35.4 Å². The number of nitrogen functional groups attached to an aromatic ring is 1. The zero-order chi connectivity index (χ0) is 22.8. The van der Waals surface area contributed by atoms with Gasteiger partial charge in [0.05, 0.1) is 12.1 Å². The molecule has 170 valence electrons. The number of benzene rings is 1. The van der Waals surface area contributed by atoms with Gasteiger partial charge in [0.25, 0.3) is 0 Å². The van der Waals surface area contributed by atoms with E-state index in [0.29, 0.717) is 30.8 Å². The minimum absolute atomic E-state index is 0.0684. The van der Waals surface area contributed by atoms with Crippen molar-refractivity contribution in [1.82, 2.24) is 20.9 Å². The normalized spacial score (nSPS) is 23.3. The number of pyridine rings is 1. The Hall–Kier alpha value is -3.07. The number of nitrogens with zero attached hydrogens (tertiary/aromatic N) is 1. The quantitative estimate of drug-likeness (QED) is 0.566. The molecule has 9 heteroatoms. The zero-order valence-electron chi connectivity index (χ0n) is 17.8. The molecule has 2 aromatic rings. The van der Waals surface area contributed by atoms with E-state index in [2.05, 4.69) is 20.9 Å². The van der Waals surface area contributed by atoms with Crippen molar-refractivity contribution >= 4 is 17.6 Å². The van der Waals surface area contributed by atoms with E-state index >= 15 is 0 Å². The zero-order valence-corrected chi connectivity index (χ0v) is 17.8. The third kappa shape index (κ3) is 4.72. The number of amides is 2. The summed E-state index contributed by atoms with van der Waals surface area (Å²) < 4.78 is 26.8. The molecule has 4 atom stereocenters. The summed E-state index contributed by atoms with van der Waals surface area (Å²) in [6.07, 6.45) is 2.63. The molecule has 4 rings (SSSR count). The number of piperidine rings is 1. The SMILES string of the molecule is C[C@H](NC(=O)[C@H]1C[C@@H](c2ccc(F)c(F)c2)CCN1)C(=O)NC1CCc2nc(N)ccc21. The molecule has 1 aromatic heterocycles. The van der Waals surface area contributed by atoms with Crippen LogP contribution in [0.25, 0.3) is 0 Å². The Bertz CT molecular complexity index is 1030. The molecular weight excluding hydrogens is 416 g/mol. The van der Waals surface area contributed by atoms with Crippen molar-refractivity contribution in [1.29, 1.82) is 0 Å². The number of carbonyl (C=O) groups is 2. The maximum atomic E-state index is 13.6. The number of fused-ring (bicyclic) bond motifs is 1. The van der Waals surface area contributed by atoms with Crippen molar-refractivity contribution in [2.24, 2.45) is 0 Å². The first-order valence-corrected chi connectivity index (χ1v) is 10.9. The first-order chi connectivity index (χ1) is 15.3. The number of anilines is 1. The summed E-state index contributed by atoms with van der Waals surface area (Å²) in [6, 6.07) is 6.06. The first kappa shape index (κ1) is 22.1. The number of hydrogen-bond donors (Lipinski definition) is 4. The van der Waals surface area contributed by atoms with Crippen LogP contribution in [0, 0.1) is 11.6 Å². The highest BCUT2D eigenvalue weighted by Gasteiger charge is 2.31. The Morgan fingerprint density at radius 1 is 1.19 bits per heavy atom. The molecule has 32 heavy (non-hydrogen) atoms. The van der Waals surface area contributed by atoms with Crippen LogP contribution in [0.1, 0.15) is 55.0 Å². The second kappa shape index (κ2) is 9.20. The molecule has 2 heterocycles. The van der Waals surface area contributed by atoms with Gasteiger partial charge in [-0.15, -0.1) is 0 Å². The van der Waals surface area contributed by atoms with Gasteiger partial charge in [-0.1, -0.05) is 12.1 Å². The number of carbonyl (C=O) groups excluding carboxylic acids is 2. The van der Waals surface area contributed by atoms with E-state index < -0.39 is 23.7 Å². The van der Waals surface area contributed by atoms with E-state index in [1.54, 1.807) is 19.1 Å². The Kier molecular flexibility index (Phi) is 6.36. The summed E-state index contributed by atoms with van der Waals surface area (Å²) in [5.41, 5.74) is 8.24. The number of hydrogen-bond acceptors (Lipinski definition) is 5. The van der Waals surface area contributed by atoms with Crippen LogP contribution in [0.15, 0.2) is 30.3 Å². The fourth-order valence-corrected chi connectivity index (χ4v) is 4.50. The minimum Gasteiger partial charge on any atom is -0.384 e. The summed E-state index contributed by atoms with van der Waals surface area (Å²) in [6.45, 7) is 2.21. The van der Waals surface area contributed by atoms with Crippen LogP contribution >= 0.6 is 0 Å². The Morgan fingerprint density at radius 2 is 2.00 bits per heavy atom. The number of aryl methyl sites for hydroxylation is 1. The van der Waals surface area contributed by atoms with Crippen LogP contribution in [0.5, 0.6) is 0 Å². The molecule has 7 nitrogen and oxygen atoms in total. The average molecular weight is 443 g/mol. The van der Waals surface area contributed by atoms with Crippen molar-refractivity contribution in [3.8, 4) is 0 Å². The van der Waals surface area contributed by atoms with Gasteiger partial charge in [0.1, 0.15) is 11.9 Å². The minimum atomic E-state index is -0.890. The molecule has 5 N–H and O–H groups in total. The standard InChI is InChI=1S/C23H27F2N5O2/c1-12(22(31)30-19-6-5-18-15(19)3-7-21(26)29-18)28-23(32)20-11-14(8-9-27-20)13-2-4-16(24)17(25)10-13/h2-4,7,10,12,14,19-20,27H,5-6,8-9,11H2,1H3,(H2,26,29)(H,28,32)(H,30,31)/t12-,14-,19?,20+/m0/s1. The van der Waals surface area contributed by atoms with Crippen LogP contribution in [0.4, 0.5) is 14.6 Å². The Labute approximate surface area is 185 Å². The molecule has 1 aliphatic heterocycles. The van der Waals surface area contributed by atoms with Gasteiger partial charge < -0.3 is 21.7 Å². The fraction of sp³-hybridized carbons (Fsp3) is 0.435. The maximum absolute atomic E-state index is 13.6. The average Bonchev–Trinajstić information content (AvgIpc) is 3.17. The van der Waals surface area contributed by atoms with Crippen LogP contribution in [0.2, 0.25) is 0 Å². The lowest BCUT2D eigenvalue weighted by Crippen LogP contribution is -2.53. The van der Waals surface area contributed by atoms with Gasteiger partial charge in [-0.05, 0) is 74.4 Å². The van der Waals surface area contributed by atoms with E-state index in [1.807, 2.05) is 6.07 Å². The van der Waals surface area contributed by atoms with Gasteiger partial charge in [0, 0.05) is 5.69 Å². The molecule has 2 amide bonds. The molecule has 1 aromatic carbocycles. The molecule has 0 saturated carbocycles. The van der Waals surface area contributed by atoms with E-state index in [1.165, 1.54) is 6.07 Å². The molecule has 1 unspecified atom stereocenters. The Balaban J connectivity index is 1.33. The monoisotopic (exact) mass is 443 g/mol. The lowest BCUT2D eigenvalue weighted by molar-refractivity contribution is -0.130. The molecule has 1 fully saturated rings. The second-order valence-corrected chi connectivity index (χ2v) is 8.50. The van der Waals surface area contributed by atoms with Crippen LogP contribution in [0.3, 0.4) is 0 Å². The van der Waals surface area contributed by atoms with Crippen molar-refractivity contribution in [2.75, 3.05) is 12.3 Å². The second-order valence-electron chi connectivity index (χ2n) is 8.50. The third-order valence-electron chi connectivity index (χ3n) is 6.28. The number of nitrogens with one attached hydrogen (secondary N) is 3. The number of rotatable bonds is 5. The third-order valence-corrected chi connectivity index (χ3v) is 6.28. The van der Waals surface area contributed by atoms with Crippen molar-refractivity contribution in [2.45, 2.75) is 56.7 Å². The summed E-state index contributed by atoms with van der Waals surface area (Å²) in [7, 11) is 0. The maximum Gasteiger partial charge on any atom is 0.242 e. The number of aromatic nitrogens is 1. The molecule has 1 saturated heterocycles. The number of halogens is 2. The molecule has 0 spiro atoms. The summed E-state index contributed by atoms with van der Waals surface area (Å²) in [4.78, 5) is 29.8. The van der Waals surface area contributed by atoms with E-state index in [-0.39, 0.29) is 23.8 Å². The smallest absolute Gasteiger partial charge is 0.242 e. The highest BCUT2D eigenvalue weighted by molar-refractivity contribution is 5.89. The van der Waals surface area contributed by atoms with Crippen LogP contribution in [-0.2, 0) is 16.0 Å². The van der Waals surface area contributed by atoms with E-state index in [4.69, 9.17) is 5.73 Å². The highest BCUT2D eigenvalue weighted by atomic mass is 19.2. The lowest BCUT2D eigenvalue weighted by atomic mass is 9.86. The van der Waals surface area contributed by atoms with Crippen molar-refractivity contribution < 1.29 is 18.4 Å². The molecule has 0 radical (unpaired) electrons. The molecule has 2 aliphatic rings. The Morgan fingerprint density at radius 3 is 2.78 bits per heavy atom. The van der Waals surface area contributed by atoms with Gasteiger partial charge in [0.15, 0.2) is 11.6 Å². The van der Waals surface area contributed by atoms with Gasteiger partial charge >= 0.3 is 0 Å². The molecule has 0 bridgehead atoms. The summed E-state index contributed by atoms with van der Waals surface area (Å²) >= 11 is 0. The predicted octanol–water partition coefficient (Wildman–Crippen LogP) is 2.09. The van der Waals surface area contributed by atoms with E-state index in [0.717, 1.165) is 30.2 Å². The lowest BCUT2D eigenvalue weighted by Gasteiger charge is -2.30. The first-order valence-electron chi connectivity index (χ1n) is 10.9. The highest BCUT2D eigenvalue weighted by Crippen LogP contribution is 2.31. The van der Waals surface area contributed by atoms with Gasteiger partial charge in [-0.2, -0.15) is 0 Å². The fourth-order valence-electron chi connectivity index (χ4n) is 4.50. The molecular formula is C23H27F2N5O2. The van der Waals surface area contributed by atoms with E-state index in [9.17, 15) is 18.4 Å². The number of nitrogens with two attached hydrogens (primary N) is 1. The predicted molar refractivity (Wildman–Crippen MR) is 116 cm³/mol. The van der Waals surface area contributed by atoms with Crippen LogP contribution < -0.4 is 21.7 Å². The summed E-state index contributed by atoms with van der Waals surface area (Å²) in [5.74, 6) is -1.96. The molecule has 1 aliphatic carbocycles. The topological polar surface area (TPSA) is 109 Å². The van der Waals surface area contributed by atoms with Gasteiger partial charge in [0.2, 0.25) is 11.8 Å². The van der Waals surface area contributed by atoms with Gasteiger partial charge in [-0.25, -0.2) is 13.8 Å². The van der Waals surface area contributed by atoms with Crippen molar-refractivity contribution in [3.63, 3.8) is 0 Å². The van der Waals surface area contributed by atoms with Gasteiger partial charge in [-0.3, -0.25) is 9.59 Å².